The van der Waals surface area contributed by atoms with Crippen molar-refractivity contribution >= 4 is 17.4 Å². The van der Waals surface area contributed by atoms with Crippen molar-refractivity contribution in [3.8, 4) is 0 Å². The van der Waals surface area contributed by atoms with E-state index in [2.05, 4.69) is 27.2 Å². The Bertz CT molecular complexity index is 478. The Morgan fingerprint density at radius 1 is 1.37 bits per heavy atom. The van der Waals surface area contributed by atoms with Crippen molar-refractivity contribution in [2.45, 2.75) is 18.9 Å². The van der Waals surface area contributed by atoms with Crippen molar-refractivity contribution in [2.24, 2.45) is 0 Å². The van der Waals surface area contributed by atoms with Gasteiger partial charge < -0.3 is 15.1 Å². The first-order valence-corrected chi connectivity index (χ1v) is 6.74. The molecule has 1 aromatic rings. The molecule has 0 amide bonds. The highest BCUT2D eigenvalue weighted by Gasteiger charge is 2.22. The number of rotatable bonds is 3. The first-order valence-electron chi connectivity index (χ1n) is 6.74. The van der Waals surface area contributed by atoms with Crippen LogP contribution in [0.4, 0.5) is 11.6 Å². The molecule has 19 heavy (non-hydrogen) atoms. The van der Waals surface area contributed by atoms with Gasteiger partial charge in [-0.15, -0.1) is 0 Å². The van der Waals surface area contributed by atoms with E-state index in [1.807, 2.05) is 11.0 Å². The van der Waals surface area contributed by atoms with Crippen molar-refractivity contribution in [2.75, 3.05) is 43.4 Å². The summed E-state index contributed by atoms with van der Waals surface area (Å²) in [5.74, 6) is 1.98. The summed E-state index contributed by atoms with van der Waals surface area (Å²) < 4.78 is 0. The van der Waals surface area contributed by atoms with Gasteiger partial charge in [0.1, 0.15) is 18.0 Å². The van der Waals surface area contributed by atoms with Gasteiger partial charge in [-0.2, -0.15) is 0 Å². The molecule has 1 unspecified atom stereocenters. The van der Waals surface area contributed by atoms with E-state index in [-0.39, 0.29) is 5.78 Å². The van der Waals surface area contributed by atoms with E-state index in [0.29, 0.717) is 19.0 Å². The molecule has 1 N–H and O–H groups in total. The molecule has 0 aromatic carbocycles. The Morgan fingerprint density at radius 2 is 2.26 bits per heavy atom. The number of nitrogens with one attached hydrogen (secondary N) is 1. The minimum atomic E-state index is 0.283. The predicted molar refractivity (Wildman–Crippen MR) is 73.4 cm³/mol. The Balaban J connectivity index is 1.67. The maximum absolute atomic E-state index is 11.3. The molecule has 102 valence electrons. The Hall–Kier alpha value is -1.69. The average Bonchev–Trinajstić information content (AvgIpc) is 2.99. The molecule has 2 aliphatic heterocycles. The predicted octanol–water partition coefficient (Wildman–Crippen LogP) is 0.372. The monoisotopic (exact) mass is 261 g/mol. The summed E-state index contributed by atoms with van der Waals surface area (Å²) in [6.07, 6.45) is 3.33. The summed E-state index contributed by atoms with van der Waals surface area (Å²) in [5.41, 5.74) is 0. The number of likely N-dealkylation sites (N-methyl/N-ethyl adjacent to an activating group) is 1. The Kier molecular flexibility index (Phi) is 3.33. The molecule has 0 aliphatic carbocycles. The van der Waals surface area contributed by atoms with Crippen molar-refractivity contribution < 1.29 is 4.79 Å². The second-order valence-electron chi connectivity index (χ2n) is 5.36. The Labute approximate surface area is 112 Å². The van der Waals surface area contributed by atoms with E-state index in [1.165, 1.54) is 0 Å². The molecule has 6 heteroatoms. The minimum Gasteiger partial charge on any atom is -0.366 e. The number of nitrogens with zero attached hydrogens (tertiary/aromatic N) is 4. The van der Waals surface area contributed by atoms with Crippen LogP contribution in [0.5, 0.6) is 0 Å². The fourth-order valence-corrected chi connectivity index (χ4v) is 2.69. The SMILES string of the molecule is CN1CCC(Nc2cc(N3CCC(=O)C3)ncn2)C1. The number of hydrogen-bond acceptors (Lipinski definition) is 6. The largest absolute Gasteiger partial charge is 0.366 e. The van der Waals surface area contributed by atoms with Crippen LogP contribution in [0.1, 0.15) is 12.8 Å². The van der Waals surface area contributed by atoms with Crippen molar-refractivity contribution in [1.29, 1.82) is 0 Å². The van der Waals surface area contributed by atoms with E-state index >= 15 is 0 Å². The molecule has 0 spiro atoms. The highest BCUT2D eigenvalue weighted by atomic mass is 16.1. The van der Waals surface area contributed by atoms with E-state index in [0.717, 1.165) is 37.7 Å². The molecule has 1 atom stereocenters. The first kappa shape index (κ1) is 12.3. The number of aromatic nitrogens is 2. The van der Waals surface area contributed by atoms with Crippen LogP contribution < -0.4 is 10.2 Å². The zero-order chi connectivity index (χ0) is 13.2. The molecular formula is C13H19N5O. The second-order valence-corrected chi connectivity index (χ2v) is 5.36. The van der Waals surface area contributed by atoms with Gasteiger partial charge in [0.25, 0.3) is 0 Å². The zero-order valence-corrected chi connectivity index (χ0v) is 11.2. The molecule has 2 saturated heterocycles. The quantitative estimate of drug-likeness (QED) is 0.848. The second kappa shape index (κ2) is 5.13. The van der Waals surface area contributed by atoms with Crippen LogP contribution in [0.15, 0.2) is 12.4 Å². The van der Waals surface area contributed by atoms with Gasteiger partial charge in [-0.25, -0.2) is 9.97 Å². The number of carbonyl (C=O) groups is 1. The lowest BCUT2D eigenvalue weighted by Gasteiger charge is -2.17. The summed E-state index contributed by atoms with van der Waals surface area (Å²) in [6, 6.07) is 2.39. The van der Waals surface area contributed by atoms with Gasteiger partial charge in [0.05, 0.1) is 6.54 Å². The van der Waals surface area contributed by atoms with Gasteiger partial charge in [-0.1, -0.05) is 0 Å². The first-order chi connectivity index (χ1) is 9.20. The summed E-state index contributed by atoms with van der Waals surface area (Å²) >= 11 is 0. The zero-order valence-electron chi connectivity index (χ0n) is 11.2. The average molecular weight is 261 g/mol. The lowest BCUT2D eigenvalue weighted by Crippen LogP contribution is -2.25. The van der Waals surface area contributed by atoms with Crippen molar-refractivity contribution in [3.63, 3.8) is 0 Å². The van der Waals surface area contributed by atoms with Gasteiger partial charge in [0.15, 0.2) is 5.78 Å². The van der Waals surface area contributed by atoms with E-state index in [1.54, 1.807) is 6.33 Å². The molecule has 1 aromatic heterocycles. The van der Waals surface area contributed by atoms with Crippen LogP contribution in [-0.4, -0.2) is 59.9 Å². The third kappa shape index (κ3) is 2.84. The number of ketones is 1. The van der Waals surface area contributed by atoms with E-state index in [4.69, 9.17) is 0 Å². The molecule has 3 heterocycles. The summed E-state index contributed by atoms with van der Waals surface area (Å²) in [5, 5.41) is 3.44. The fourth-order valence-electron chi connectivity index (χ4n) is 2.69. The third-order valence-electron chi connectivity index (χ3n) is 3.75. The normalized spacial score (nSPS) is 24.2. The van der Waals surface area contributed by atoms with Crippen LogP contribution in [0.2, 0.25) is 0 Å². The molecular weight excluding hydrogens is 242 g/mol. The molecule has 2 aliphatic rings. The number of carbonyl (C=O) groups excluding carboxylic acids is 1. The van der Waals surface area contributed by atoms with E-state index < -0.39 is 0 Å². The van der Waals surface area contributed by atoms with Gasteiger partial charge in [-0.05, 0) is 20.0 Å². The van der Waals surface area contributed by atoms with Crippen LogP contribution in [0, 0.1) is 0 Å². The maximum atomic E-state index is 11.3. The van der Waals surface area contributed by atoms with Crippen LogP contribution in [-0.2, 0) is 4.79 Å². The smallest absolute Gasteiger partial charge is 0.153 e. The van der Waals surface area contributed by atoms with Gasteiger partial charge >= 0.3 is 0 Å². The van der Waals surface area contributed by atoms with Gasteiger partial charge in [0.2, 0.25) is 0 Å². The van der Waals surface area contributed by atoms with Crippen LogP contribution >= 0.6 is 0 Å². The molecule has 6 nitrogen and oxygen atoms in total. The lowest BCUT2D eigenvalue weighted by atomic mass is 10.2. The lowest BCUT2D eigenvalue weighted by molar-refractivity contribution is -0.116. The standard InChI is InChI=1S/C13H19N5O/c1-17-4-2-10(7-17)16-12-6-13(15-9-14-12)18-5-3-11(19)8-18/h6,9-10H,2-5,7-8H2,1H3,(H,14,15,16). The molecule has 3 rings (SSSR count). The van der Waals surface area contributed by atoms with Crippen LogP contribution in [0.3, 0.4) is 0 Å². The summed E-state index contributed by atoms with van der Waals surface area (Å²) in [4.78, 5) is 24.2. The molecule has 0 radical (unpaired) electrons. The van der Waals surface area contributed by atoms with Gasteiger partial charge in [0, 0.05) is 31.6 Å². The maximum Gasteiger partial charge on any atom is 0.153 e. The minimum absolute atomic E-state index is 0.283. The summed E-state index contributed by atoms with van der Waals surface area (Å²) in [6.45, 7) is 3.40. The highest BCUT2D eigenvalue weighted by molar-refractivity contribution is 5.86. The summed E-state index contributed by atoms with van der Waals surface area (Å²) in [7, 11) is 2.13. The highest BCUT2D eigenvalue weighted by Crippen LogP contribution is 2.19. The van der Waals surface area contributed by atoms with Crippen molar-refractivity contribution in [1.82, 2.24) is 14.9 Å². The number of Topliss-reactive ketones (excluding diaryl/α,β-unsaturated/α-hetero) is 1. The molecule has 0 bridgehead atoms. The number of likely N-dealkylation sites (tertiary alicyclic amines) is 1. The van der Waals surface area contributed by atoms with E-state index in [9.17, 15) is 4.79 Å². The van der Waals surface area contributed by atoms with Crippen molar-refractivity contribution in [3.05, 3.63) is 12.4 Å². The molecule has 0 saturated carbocycles. The van der Waals surface area contributed by atoms with Gasteiger partial charge in [-0.3, -0.25) is 4.79 Å². The fraction of sp³-hybridized carbons (Fsp3) is 0.615. The van der Waals surface area contributed by atoms with Crippen LogP contribution in [0.25, 0.3) is 0 Å². The molecule has 2 fully saturated rings. The topological polar surface area (TPSA) is 61.4 Å². The third-order valence-corrected chi connectivity index (χ3v) is 3.75. The number of anilines is 2. The number of hydrogen-bond donors (Lipinski definition) is 1. The Morgan fingerprint density at radius 3 is 2.95 bits per heavy atom.